The third-order valence-corrected chi connectivity index (χ3v) is 7.29. The number of hydrogen-bond acceptors (Lipinski definition) is 7. The average molecular weight is 532 g/mol. The Labute approximate surface area is 223 Å². The summed E-state index contributed by atoms with van der Waals surface area (Å²) in [7, 11) is 0. The van der Waals surface area contributed by atoms with Crippen LogP contribution < -0.4 is 10.5 Å². The van der Waals surface area contributed by atoms with Crippen LogP contribution in [-0.4, -0.2) is 54.7 Å². The molecule has 6 rings (SSSR count). The van der Waals surface area contributed by atoms with Crippen LogP contribution in [0.25, 0.3) is 17.2 Å². The normalized spacial score (nSPS) is 20.2. The first-order valence-electron chi connectivity index (χ1n) is 12.6. The molecule has 0 radical (unpaired) electrons. The van der Waals surface area contributed by atoms with Gasteiger partial charge in [-0.05, 0) is 56.7 Å². The lowest BCUT2D eigenvalue weighted by Gasteiger charge is -2.22. The van der Waals surface area contributed by atoms with Crippen molar-refractivity contribution in [1.29, 1.82) is 0 Å². The van der Waals surface area contributed by atoms with Gasteiger partial charge in [-0.2, -0.15) is 5.10 Å². The summed E-state index contributed by atoms with van der Waals surface area (Å²) in [6, 6.07) is 9.89. The molecule has 4 heterocycles. The first kappa shape index (κ1) is 25.1. The predicted octanol–water partition coefficient (Wildman–Crippen LogP) is 3.65. The number of carbonyl (C=O) groups excluding carboxylic acids is 1. The molecule has 4 aromatic rings. The summed E-state index contributed by atoms with van der Waals surface area (Å²) in [5.41, 5.74) is 9.02. The summed E-state index contributed by atoms with van der Waals surface area (Å²) in [6.07, 6.45) is 3.62. The maximum absolute atomic E-state index is 13.5. The number of amides is 1. The van der Waals surface area contributed by atoms with E-state index in [1.807, 2.05) is 26.0 Å². The van der Waals surface area contributed by atoms with Crippen LogP contribution in [0.4, 0.5) is 8.78 Å². The predicted molar refractivity (Wildman–Crippen MR) is 138 cm³/mol. The molecule has 1 amide bonds. The van der Waals surface area contributed by atoms with E-state index in [0.29, 0.717) is 35.9 Å². The summed E-state index contributed by atoms with van der Waals surface area (Å²) >= 11 is 0. The number of hydrogen-bond donors (Lipinski definition) is 1. The van der Waals surface area contributed by atoms with Crippen LogP contribution in [0.15, 0.2) is 55.0 Å². The van der Waals surface area contributed by atoms with Gasteiger partial charge < -0.3 is 15.4 Å². The number of aryl methyl sites for hydroxylation is 1. The molecule has 1 aliphatic heterocycles. The molecule has 2 fully saturated rings. The number of likely N-dealkylation sites (tertiary alicyclic amines) is 1. The van der Waals surface area contributed by atoms with Crippen molar-refractivity contribution in [2.75, 3.05) is 13.1 Å². The highest BCUT2D eigenvalue weighted by Gasteiger charge is 2.59. The molecule has 1 aliphatic carbocycles. The summed E-state index contributed by atoms with van der Waals surface area (Å²) < 4.78 is 34.3. The van der Waals surface area contributed by atoms with Gasteiger partial charge in [0.1, 0.15) is 11.9 Å². The molecule has 0 bridgehead atoms. The molecule has 0 unspecified atom stereocenters. The Morgan fingerprint density at radius 1 is 1.05 bits per heavy atom. The monoisotopic (exact) mass is 531 g/mol. The van der Waals surface area contributed by atoms with Crippen molar-refractivity contribution < 1.29 is 18.3 Å². The Kier molecular flexibility index (Phi) is 5.91. The van der Waals surface area contributed by atoms with Crippen molar-refractivity contribution in [3.05, 3.63) is 83.4 Å². The van der Waals surface area contributed by atoms with Crippen LogP contribution in [0.2, 0.25) is 0 Å². The number of ether oxygens (including phenoxy) is 1. The van der Waals surface area contributed by atoms with Crippen molar-refractivity contribution >= 4 is 5.91 Å². The number of aromatic nitrogens is 5. The quantitative estimate of drug-likeness (QED) is 0.404. The summed E-state index contributed by atoms with van der Waals surface area (Å²) in [5.74, 6) is 0.0286. The van der Waals surface area contributed by atoms with Crippen molar-refractivity contribution in [3.8, 4) is 23.1 Å². The minimum absolute atomic E-state index is 0.0600. The Bertz CT molecular complexity index is 1540. The lowest BCUT2D eigenvalue weighted by atomic mass is 9.95. The Morgan fingerprint density at radius 3 is 2.36 bits per heavy atom. The fourth-order valence-corrected chi connectivity index (χ4v) is 5.02. The second-order valence-electron chi connectivity index (χ2n) is 10.7. The van der Waals surface area contributed by atoms with Gasteiger partial charge in [-0.3, -0.25) is 4.79 Å². The first-order valence-corrected chi connectivity index (χ1v) is 12.6. The second kappa shape index (κ2) is 9.19. The molecule has 9 nitrogen and oxygen atoms in total. The molecule has 3 atom stereocenters. The Balaban J connectivity index is 1.15. The fraction of sp³-hybridized carbons (Fsp3) is 0.321. The van der Waals surface area contributed by atoms with Gasteiger partial charge in [-0.25, -0.2) is 28.4 Å². The van der Waals surface area contributed by atoms with Crippen LogP contribution in [-0.2, 0) is 5.54 Å². The van der Waals surface area contributed by atoms with Crippen LogP contribution in [0.5, 0.6) is 5.88 Å². The van der Waals surface area contributed by atoms with Gasteiger partial charge in [0.05, 0.1) is 29.3 Å². The van der Waals surface area contributed by atoms with E-state index >= 15 is 0 Å². The maximum Gasteiger partial charge on any atom is 0.257 e. The summed E-state index contributed by atoms with van der Waals surface area (Å²) in [6.45, 7) is 6.66. The number of benzene rings is 1. The number of pyridine rings is 1. The molecule has 200 valence electrons. The lowest BCUT2D eigenvalue weighted by molar-refractivity contribution is 0.0751. The van der Waals surface area contributed by atoms with E-state index in [0.717, 1.165) is 23.5 Å². The van der Waals surface area contributed by atoms with Gasteiger partial charge in [0, 0.05) is 48.3 Å². The van der Waals surface area contributed by atoms with Crippen LogP contribution in [0.1, 0.15) is 35.5 Å². The zero-order valence-electron chi connectivity index (χ0n) is 21.7. The van der Waals surface area contributed by atoms with Gasteiger partial charge in [0.25, 0.3) is 11.9 Å². The number of nitrogens with two attached hydrogens (primary N) is 1. The number of halogens is 2. The molecular weight excluding hydrogens is 504 g/mol. The number of rotatable bonds is 6. The zero-order valence-corrected chi connectivity index (χ0v) is 21.7. The van der Waals surface area contributed by atoms with E-state index < -0.39 is 11.4 Å². The van der Waals surface area contributed by atoms with Crippen molar-refractivity contribution in [3.63, 3.8) is 0 Å². The van der Waals surface area contributed by atoms with Crippen LogP contribution in [0.3, 0.4) is 0 Å². The van der Waals surface area contributed by atoms with E-state index in [-0.39, 0.29) is 35.6 Å². The molecule has 1 saturated heterocycles. The van der Waals surface area contributed by atoms with Crippen LogP contribution in [0, 0.1) is 30.4 Å². The van der Waals surface area contributed by atoms with E-state index in [9.17, 15) is 13.6 Å². The molecule has 2 N–H and O–H groups in total. The SMILES string of the molecule is Cc1nn(-c2ncc(F)cn2)cc1C(=O)N1C[C@@H]2[C@H](C1)[C@@H]2Oc1cc(C(C)(C)N)cc(-c2ccc(F)cc2)n1. The molecule has 1 aromatic carbocycles. The standard InChI is InChI=1S/C28H27F2N7O2/c1-15-20(14-37(35-15)27-32-10-19(30)11-33-27)26(38)36-12-21-22(13-36)25(21)39-24-9-17(28(2,3)31)8-23(34-24)16-4-6-18(29)7-5-16/h4-11,14,21-22,25H,12-13,31H2,1-3H3/t21-,22+,25-. The van der Waals surface area contributed by atoms with Gasteiger partial charge >= 0.3 is 0 Å². The topological polar surface area (TPSA) is 112 Å². The molecule has 0 spiro atoms. The van der Waals surface area contributed by atoms with Gasteiger partial charge in [0.2, 0.25) is 5.88 Å². The number of piperidine rings is 1. The summed E-state index contributed by atoms with van der Waals surface area (Å²) in [4.78, 5) is 27.6. The minimum atomic E-state index is -0.625. The highest BCUT2D eigenvalue weighted by Crippen LogP contribution is 2.48. The molecular formula is C28H27F2N7O2. The van der Waals surface area contributed by atoms with Crippen molar-refractivity contribution in [2.45, 2.75) is 32.4 Å². The van der Waals surface area contributed by atoms with Gasteiger partial charge in [-0.1, -0.05) is 0 Å². The van der Waals surface area contributed by atoms with Crippen molar-refractivity contribution in [1.82, 2.24) is 29.6 Å². The molecule has 3 aromatic heterocycles. The highest BCUT2D eigenvalue weighted by molar-refractivity contribution is 5.95. The molecule has 11 heteroatoms. The third-order valence-electron chi connectivity index (χ3n) is 7.29. The smallest absolute Gasteiger partial charge is 0.257 e. The van der Waals surface area contributed by atoms with E-state index in [1.54, 1.807) is 30.2 Å². The van der Waals surface area contributed by atoms with Gasteiger partial charge in [-0.15, -0.1) is 0 Å². The third kappa shape index (κ3) is 4.85. The highest BCUT2D eigenvalue weighted by atomic mass is 19.1. The number of nitrogens with zero attached hydrogens (tertiary/aromatic N) is 6. The molecule has 2 aliphatic rings. The fourth-order valence-electron chi connectivity index (χ4n) is 5.02. The Hall–Kier alpha value is -4.25. The summed E-state index contributed by atoms with van der Waals surface area (Å²) in [5, 5.41) is 4.33. The zero-order chi connectivity index (χ0) is 27.5. The lowest BCUT2D eigenvalue weighted by Crippen LogP contribution is -2.33. The van der Waals surface area contributed by atoms with Crippen LogP contribution >= 0.6 is 0 Å². The van der Waals surface area contributed by atoms with E-state index in [2.05, 4.69) is 20.1 Å². The molecule has 39 heavy (non-hydrogen) atoms. The van der Waals surface area contributed by atoms with Crippen molar-refractivity contribution in [2.24, 2.45) is 17.6 Å². The molecule has 1 saturated carbocycles. The number of fused-ring (bicyclic) bond motifs is 1. The first-order chi connectivity index (χ1) is 18.6. The van der Waals surface area contributed by atoms with Gasteiger partial charge in [0.15, 0.2) is 5.82 Å². The average Bonchev–Trinajstić information content (AvgIpc) is 3.21. The van der Waals surface area contributed by atoms with E-state index in [4.69, 9.17) is 10.5 Å². The minimum Gasteiger partial charge on any atom is -0.474 e. The van der Waals surface area contributed by atoms with E-state index in [1.165, 1.54) is 16.8 Å². The Morgan fingerprint density at radius 2 is 1.72 bits per heavy atom. The second-order valence-corrected chi connectivity index (χ2v) is 10.7. The largest absolute Gasteiger partial charge is 0.474 e. The number of carbonyl (C=O) groups is 1. The maximum atomic E-state index is 13.5.